The molecule has 2 saturated heterocycles. The fraction of sp³-hybridized carbons (Fsp3) is 0.750. The van der Waals surface area contributed by atoms with Crippen LogP contribution in [0.15, 0.2) is 42.5 Å². The van der Waals surface area contributed by atoms with E-state index >= 15 is 0 Å². The van der Waals surface area contributed by atoms with Crippen molar-refractivity contribution >= 4 is 5.97 Å². The van der Waals surface area contributed by atoms with Gasteiger partial charge in [0.15, 0.2) is 12.6 Å². The predicted octanol–water partition coefficient (Wildman–Crippen LogP) is 7.29. The molecular weight excluding hydrogens is 544 g/mol. The minimum absolute atomic E-state index is 0.0250. The predicted molar refractivity (Wildman–Crippen MR) is 167 cm³/mol. The Hall–Kier alpha value is -1.77. The van der Waals surface area contributed by atoms with Crippen LogP contribution in [0.3, 0.4) is 0 Å². The van der Waals surface area contributed by atoms with Gasteiger partial charge in [-0.2, -0.15) is 0 Å². The van der Waals surface area contributed by atoms with Crippen LogP contribution in [0.4, 0.5) is 0 Å². The molecule has 2 heterocycles. The van der Waals surface area contributed by atoms with Crippen molar-refractivity contribution in [3.05, 3.63) is 48.0 Å². The molecule has 0 radical (unpaired) electrons. The van der Waals surface area contributed by atoms with Crippen molar-refractivity contribution in [3.8, 4) is 0 Å². The van der Waals surface area contributed by atoms with Gasteiger partial charge >= 0.3 is 5.97 Å². The molecule has 4 rings (SSSR count). The van der Waals surface area contributed by atoms with Crippen LogP contribution in [0, 0.1) is 11.8 Å². The Labute approximate surface area is 259 Å². The summed E-state index contributed by atoms with van der Waals surface area (Å²) >= 11 is 0. The molecule has 1 aromatic carbocycles. The molecule has 242 valence electrons. The van der Waals surface area contributed by atoms with E-state index in [2.05, 4.69) is 42.5 Å². The second-order valence-corrected chi connectivity index (χ2v) is 12.9. The summed E-state index contributed by atoms with van der Waals surface area (Å²) in [5.41, 5.74) is 1.33. The smallest absolute Gasteiger partial charge is 0.306 e. The third-order valence-corrected chi connectivity index (χ3v) is 9.06. The summed E-state index contributed by atoms with van der Waals surface area (Å²) < 4.78 is 30.3. The Morgan fingerprint density at radius 3 is 2.42 bits per heavy atom. The number of hydrogen-bond acceptors (Lipinski definition) is 7. The number of carbonyl (C=O) groups is 1. The van der Waals surface area contributed by atoms with E-state index in [1.54, 1.807) is 0 Å². The fourth-order valence-electron chi connectivity index (χ4n) is 6.77. The normalized spacial score (nSPS) is 28.8. The molecule has 1 N–H and O–H groups in total. The van der Waals surface area contributed by atoms with E-state index in [1.807, 2.05) is 13.8 Å². The lowest BCUT2D eigenvalue weighted by Gasteiger charge is -2.32. The molecule has 3 unspecified atom stereocenters. The molecule has 43 heavy (non-hydrogen) atoms. The van der Waals surface area contributed by atoms with Crippen molar-refractivity contribution in [1.82, 2.24) is 0 Å². The van der Waals surface area contributed by atoms with Crippen LogP contribution < -0.4 is 0 Å². The van der Waals surface area contributed by atoms with Crippen LogP contribution in [0.1, 0.15) is 109 Å². The number of allylic oxidation sites excluding steroid dienone is 2. The molecular formula is C36H56O7. The van der Waals surface area contributed by atoms with Gasteiger partial charge in [0.1, 0.15) is 0 Å². The molecule has 2 aliphatic heterocycles. The molecule has 7 atom stereocenters. The monoisotopic (exact) mass is 600 g/mol. The van der Waals surface area contributed by atoms with Gasteiger partial charge in [-0.3, -0.25) is 4.79 Å². The van der Waals surface area contributed by atoms with Crippen molar-refractivity contribution < 1.29 is 33.6 Å². The Balaban J connectivity index is 1.36. The number of hydrogen-bond donors (Lipinski definition) is 1. The molecule has 3 fully saturated rings. The van der Waals surface area contributed by atoms with Gasteiger partial charge in [-0.1, -0.05) is 42.5 Å². The second kappa shape index (κ2) is 18.9. The number of aliphatic hydroxyl groups excluding tert-OH is 1. The first-order valence-electron chi connectivity index (χ1n) is 17.1. The number of carbonyl (C=O) groups excluding carboxylic acids is 1. The number of aryl methyl sites for hydroxylation is 1. The third-order valence-electron chi connectivity index (χ3n) is 9.06. The van der Waals surface area contributed by atoms with Crippen LogP contribution in [0.5, 0.6) is 0 Å². The quantitative estimate of drug-likeness (QED) is 0.114. The van der Waals surface area contributed by atoms with Gasteiger partial charge in [0.25, 0.3) is 0 Å². The third kappa shape index (κ3) is 12.3. The topological polar surface area (TPSA) is 83.5 Å². The Morgan fingerprint density at radius 1 is 0.977 bits per heavy atom. The molecule has 1 aliphatic carbocycles. The van der Waals surface area contributed by atoms with Crippen LogP contribution in [0.25, 0.3) is 0 Å². The first-order chi connectivity index (χ1) is 21.0. The summed E-state index contributed by atoms with van der Waals surface area (Å²) in [6.07, 6.45) is 17.2. The molecule has 0 amide bonds. The lowest BCUT2D eigenvalue weighted by Crippen LogP contribution is -2.33. The lowest BCUT2D eigenvalue weighted by molar-refractivity contribution is -0.200. The van der Waals surface area contributed by atoms with Crippen LogP contribution in [-0.4, -0.2) is 61.3 Å². The highest BCUT2D eigenvalue weighted by molar-refractivity contribution is 5.69. The van der Waals surface area contributed by atoms with E-state index in [0.29, 0.717) is 12.8 Å². The first kappa shape index (κ1) is 34.1. The number of unbranched alkanes of at least 4 members (excludes halogenated alkanes) is 1. The second-order valence-electron chi connectivity index (χ2n) is 12.9. The maximum Gasteiger partial charge on any atom is 0.306 e. The van der Waals surface area contributed by atoms with Gasteiger partial charge < -0.3 is 28.8 Å². The van der Waals surface area contributed by atoms with E-state index in [-0.39, 0.29) is 48.7 Å². The molecule has 7 nitrogen and oxygen atoms in total. The van der Waals surface area contributed by atoms with Gasteiger partial charge in [-0.25, -0.2) is 0 Å². The summed E-state index contributed by atoms with van der Waals surface area (Å²) in [5.74, 6) is 0.208. The molecule has 0 spiro atoms. The molecule has 1 aromatic rings. The summed E-state index contributed by atoms with van der Waals surface area (Å²) in [6.45, 7) is 5.27. The number of aliphatic hydroxyl groups is 1. The number of rotatable bonds is 17. The maximum atomic E-state index is 11.8. The molecule has 3 aliphatic rings. The zero-order valence-electron chi connectivity index (χ0n) is 26.6. The van der Waals surface area contributed by atoms with Crippen molar-refractivity contribution in [3.63, 3.8) is 0 Å². The van der Waals surface area contributed by atoms with Gasteiger partial charge in [0.2, 0.25) is 0 Å². The number of benzene rings is 1. The summed E-state index contributed by atoms with van der Waals surface area (Å²) in [7, 11) is 0. The van der Waals surface area contributed by atoms with Gasteiger partial charge in [0.05, 0.1) is 24.4 Å². The van der Waals surface area contributed by atoms with Gasteiger partial charge in [-0.05, 0) is 115 Å². The van der Waals surface area contributed by atoms with Crippen molar-refractivity contribution in [1.29, 1.82) is 0 Å². The van der Waals surface area contributed by atoms with E-state index in [1.165, 1.54) is 5.56 Å². The maximum absolute atomic E-state index is 11.8. The van der Waals surface area contributed by atoms with Crippen LogP contribution in [0.2, 0.25) is 0 Å². The Morgan fingerprint density at radius 2 is 1.72 bits per heavy atom. The molecule has 0 bridgehead atoms. The molecule has 0 aromatic heterocycles. The van der Waals surface area contributed by atoms with E-state index < -0.39 is 6.10 Å². The van der Waals surface area contributed by atoms with Crippen molar-refractivity contribution in [2.75, 3.05) is 13.2 Å². The highest BCUT2D eigenvalue weighted by atomic mass is 16.7. The average Bonchev–Trinajstić information content (AvgIpc) is 3.30. The van der Waals surface area contributed by atoms with Gasteiger partial charge in [0, 0.05) is 26.1 Å². The zero-order chi connectivity index (χ0) is 30.3. The lowest BCUT2D eigenvalue weighted by atomic mass is 9.85. The first-order valence-corrected chi connectivity index (χ1v) is 17.1. The van der Waals surface area contributed by atoms with E-state index in [0.717, 1.165) is 96.7 Å². The standard InChI is InChI=1S/C36H56O7/c1-27(2)41-34(38)17-9-4-3-8-16-30-31(33(26-32(30)37)43-36-19-11-13-25-40-36)23-22-29(42-35-18-10-12-24-39-35)21-20-28-14-6-5-7-15-28/h3,5-8,14-15,27,29-33,35-37H,4,9-13,16-26H2,1-2H3/t29-,30+,31+,32-,33?,35?,36?/m0/s1. The van der Waals surface area contributed by atoms with Crippen LogP contribution in [-0.2, 0) is 34.9 Å². The average molecular weight is 601 g/mol. The van der Waals surface area contributed by atoms with Crippen molar-refractivity contribution in [2.45, 2.75) is 147 Å². The molecule has 7 heteroatoms. The van der Waals surface area contributed by atoms with Gasteiger partial charge in [-0.15, -0.1) is 0 Å². The van der Waals surface area contributed by atoms with E-state index in [4.69, 9.17) is 23.7 Å². The number of ether oxygens (including phenoxy) is 5. The Bertz CT molecular complexity index is 923. The Kier molecular flexibility index (Phi) is 15.0. The minimum atomic E-state index is -0.408. The summed E-state index contributed by atoms with van der Waals surface area (Å²) in [6, 6.07) is 10.6. The highest BCUT2D eigenvalue weighted by Gasteiger charge is 2.43. The fourth-order valence-corrected chi connectivity index (χ4v) is 6.77. The number of esters is 1. The summed E-state index contributed by atoms with van der Waals surface area (Å²) in [4.78, 5) is 11.8. The zero-order valence-corrected chi connectivity index (χ0v) is 26.6. The minimum Gasteiger partial charge on any atom is -0.463 e. The summed E-state index contributed by atoms with van der Waals surface area (Å²) in [5, 5.41) is 11.2. The van der Waals surface area contributed by atoms with E-state index in [9.17, 15) is 9.90 Å². The largest absolute Gasteiger partial charge is 0.463 e. The van der Waals surface area contributed by atoms with Crippen molar-refractivity contribution in [2.24, 2.45) is 11.8 Å². The molecule has 1 saturated carbocycles. The SMILES string of the molecule is CC(C)OC(=O)CCCC=CC[C@H]1[C@@H](O)CC(OC2CCCCO2)[C@@H]1CC[C@H](CCc1ccccc1)OC1CCCCO1. The highest BCUT2D eigenvalue weighted by Crippen LogP contribution is 2.41. The van der Waals surface area contributed by atoms with Crippen LogP contribution >= 0.6 is 0 Å².